The van der Waals surface area contributed by atoms with Gasteiger partial charge in [0.2, 0.25) is 0 Å². The Balaban J connectivity index is 1.92. The first-order valence-corrected chi connectivity index (χ1v) is 11.9. The van der Waals surface area contributed by atoms with Crippen molar-refractivity contribution in [2.45, 2.75) is 40.5 Å². The average Bonchev–Trinajstić information content (AvgIpc) is 2.85. The average molecular weight is 461 g/mol. The van der Waals surface area contributed by atoms with Crippen molar-refractivity contribution in [2.75, 3.05) is 19.6 Å². The molecule has 1 aromatic heterocycles. The van der Waals surface area contributed by atoms with Crippen molar-refractivity contribution >= 4 is 17.6 Å². The maximum atomic E-state index is 11.4. The molecule has 0 fully saturated rings. The molecule has 3 rings (SSSR count). The second-order valence-electron chi connectivity index (χ2n) is 8.75. The summed E-state index contributed by atoms with van der Waals surface area (Å²) < 4.78 is 1.94. The minimum atomic E-state index is 0.444. The van der Waals surface area contributed by atoms with Crippen LogP contribution in [0.5, 0.6) is 0 Å². The lowest BCUT2D eigenvalue weighted by Crippen LogP contribution is -2.28. The van der Waals surface area contributed by atoms with Crippen LogP contribution in [0.2, 0.25) is 0 Å². The molecule has 1 atom stereocenters. The molecule has 0 bridgehead atoms. The van der Waals surface area contributed by atoms with Gasteiger partial charge in [0.1, 0.15) is 12.0 Å². The van der Waals surface area contributed by atoms with Crippen LogP contribution in [0, 0.1) is 5.92 Å². The predicted octanol–water partition coefficient (Wildman–Crippen LogP) is 4.20. The number of allylic oxidation sites excluding steroid dienone is 4. The van der Waals surface area contributed by atoms with E-state index in [-0.39, 0.29) is 0 Å². The normalized spacial score (nSPS) is 19.3. The van der Waals surface area contributed by atoms with Crippen molar-refractivity contribution in [1.29, 1.82) is 0 Å². The van der Waals surface area contributed by atoms with E-state index in [1.165, 1.54) is 17.2 Å². The summed E-state index contributed by atoms with van der Waals surface area (Å²) in [7, 11) is 1.94. The molecule has 0 radical (unpaired) electrons. The molecule has 3 heterocycles. The van der Waals surface area contributed by atoms with Gasteiger partial charge in [-0.05, 0) is 50.0 Å². The number of hydrogen-bond acceptors (Lipinski definition) is 6. The first-order valence-electron chi connectivity index (χ1n) is 11.9. The minimum Gasteiger partial charge on any atom is -0.333 e. The summed E-state index contributed by atoms with van der Waals surface area (Å²) in [6, 6.07) is 0. The number of hydrogen-bond donors (Lipinski definition) is 0. The van der Waals surface area contributed by atoms with Crippen LogP contribution in [0.3, 0.4) is 0 Å². The molecule has 1 aromatic rings. The van der Waals surface area contributed by atoms with Crippen molar-refractivity contribution in [3.63, 3.8) is 0 Å². The van der Waals surface area contributed by atoms with E-state index in [9.17, 15) is 4.79 Å². The summed E-state index contributed by atoms with van der Waals surface area (Å²) in [5.74, 6) is 0.444. The molecule has 2 aliphatic rings. The first-order chi connectivity index (χ1) is 16.4. The van der Waals surface area contributed by atoms with Gasteiger partial charge in [0.05, 0.1) is 23.3 Å². The van der Waals surface area contributed by atoms with Crippen LogP contribution in [0.25, 0.3) is 5.57 Å². The highest BCUT2D eigenvalue weighted by atomic mass is 16.1. The Bertz CT molecular complexity index is 1150. The molecule has 1 unspecified atom stereocenters. The number of carbonyl (C=O) groups excluding carboxylic acids is 1. The number of aldehydes is 1. The Morgan fingerprint density at radius 2 is 2.12 bits per heavy atom. The molecule has 0 spiro atoms. The predicted molar refractivity (Wildman–Crippen MR) is 138 cm³/mol. The highest BCUT2D eigenvalue weighted by Crippen LogP contribution is 2.21. The van der Waals surface area contributed by atoms with E-state index in [0.717, 1.165) is 50.2 Å². The van der Waals surface area contributed by atoms with Gasteiger partial charge in [0.15, 0.2) is 5.49 Å². The van der Waals surface area contributed by atoms with Crippen molar-refractivity contribution in [2.24, 2.45) is 23.1 Å². The molecule has 7 nitrogen and oxygen atoms in total. The van der Waals surface area contributed by atoms with Crippen LogP contribution < -0.4 is 5.49 Å². The molecule has 0 saturated carbocycles. The standard InChI is InChI=1S/C27H36N6O/c1-7-20(3)21(4)18-33-22(5)9-10-25(30-33)24(13-16-34)29-27-17-28-26(19-31(27)6)23-11-14-32(8-2)15-12-23/h9-11,13,16-20H,5,7-8,12,14-15H2,1-4,6H3/b21-18-,24-13-,29-27?. The van der Waals surface area contributed by atoms with E-state index in [4.69, 9.17) is 10.1 Å². The van der Waals surface area contributed by atoms with E-state index in [1.54, 1.807) is 11.2 Å². The highest BCUT2D eigenvalue weighted by molar-refractivity contribution is 6.10. The molecule has 2 aliphatic heterocycles. The van der Waals surface area contributed by atoms with Gasteiger partial charge < -0.3 is 4.57 Å². The van der Waals surface area contributed by atoms with Crippen molar-refractivity contribution in [3.05, 3.63) is 77.6 Å². The summed E-state index contributed by atoms with van der Waals surface area (Å²) in [5.41, 5.74) is 5.89. The van der Waals surface area contributed by atoms with E-state index in [0.29, 0.717) is 22.8 Å². The zero-order chi connectivity index (χ0) is 24.7. The third kappa shape index (κ3) is 6.17. The van der Waals surface area contributed by atoms with E-state index in [2.05, 4.69) is 50.2 Å². The Hall–Kier alpha value is -3.32. The van der Waals surface area contributed by atoms with E-state index >= 15 is 0 Å². The summed E-state index contributed by atoms with van der Waals surface area (Å²) in [6.45, 7) is 15.8. The lowest BCUT2D eigenvalue weighted by atomic mass is 10.0. The summed E-state index contributed by atoms with van der Waals surface area (Å²) in [4.78, 5) is 23.2. The van der Waals surface area contributed by atoms with Gasteiger partial charge in [-0.15, -0.1) is 0 Å². The van der Waals surface area contributed by atoms with Crippen LogP contribution in [-0.4, -0.2) is 51.1 Å². The first kappa shape index (κ1) is 25.3. The number of aromatic nitrogens is 2. The number of likely N-dealkylation sites (N-methyl/N-ethyl adjacent to an activating group) is 1. The largest absolute Gasteiger partial charge is 0.333 e. The number of hydrazone groups is 1. The fourth-order valence-electron chi connectivity index (χ4n) is 3.73. The molecule has 0 amide bonds. The zero-order valence-corrected chi connectivity index (χ0v) is 21.0. The number of aryl methyl sites for hydroxylation is 1. The summed E-state index contributed by atoms with van der Waals surface area (Å²) in [6.07, 6.45) is 15.9. The van der Waals surface area contributed by atoms with E-state index < -0.39 is 0 Å². The Kier molecular flexibility index (Phi) is 8.71. The number of rotatable bonds is 8. The topological polar surface area (TPSA) is 66.1 Å². The summed E-state index contributed by atoms with van der Waals surface area (Å²) in [5, 5.41) is 6.44. The van der Waals surface area contributed by atoms with Gasteiger partial charge in [-0.3, -0.25) is 14.7 Å². The van der Waals surface area contributed by atoms with E-state index in [1.807, 2.05) is 36.2 Å². The zero-order valence-electron chi connectivity index (χ0n) is 21.0. The molecule has 180 valence electrons. The minimum absolute atomic E-state index is 0.444. The van der Waals surface area contributed by atoms with Crippen LogP contribution >= 0.6 is 0 Å². The smallest absolute Gasteiger partial charge is 0.151 e. The van der Waals surface area contributed by atoms with Crippen molar-refractivity contribution in [1.82, 2.24) is 19.5 Å². The van der Waals surface area contributed by atoms with Crippen LogP contribution in [0.4, 0.5) is 0 Å². The maximum Gasteiger partial charge on any atom is 0.151 e. The molecule has 0 aliphatic carbocycles. The van der Waals surface area contributed by atoms with Gasteiger partial charge in [-0.2, -0.15) is 5.10 Å². The fraction of sp³-hybridized carbons (Fsp3) is 0.407. The van der Waals surface area contributed by atoms with Gasteiger partial charge in [-0.1, -0.05) is 39.0 Å². The fourth-order valence-corrected chi connectivity index (χ4v) is 3.73. The molecule has 0 saturated heterocycles. The monoisotopic (exact) mass is 460 g/mol. The van der Waals surface area contributed by atoms with Crippen molar-refractivity contribution < 1.29 is 4.79 Å². The third-order valence-electron chi connectivity index (χ3n) is 6.45. The van der Waals surface area contributed by atoms with Gasteiger partial charge in [0.25, 0.3) is 0 Å². The SMILES string of the molecule is C=C1C=CC(/C(=C/C=O)N=c2cnc(C3=CCN(CC)CC3)cn2C)=NN1/C=C(/C)C(C)CC. The Labute approximate surface area is 202 Å². The number of nitrogens with zero attached hydrogens (tertiary/aromatic N) is 6. The molecule has 7 heteroatoms. The van der Waals surface area contributed by atoms with Gasteiger partial charge in [0, 0.05) is 38.6 Å². The second kappa shape index (κ2) is 11.7. The Morgan fingerprint density at radius 3 is 2.74 bits per heavy atom. The number of carbonyl (C=O) groups is 1. The molecule has 0 N–H and O–H groups in total. The molecule has 0 aromatic carbocycles. The Morgan fingerprint density at radius 1 is 1.32 bits per heavy atom. The van der Waals surface area contributed by atoms with Gasteiger partial charge in [-0.25, -0.2) is 10.0 Å². The lowest BCUT2D eigenvalue weighted by molar-refractivity contribution is -0.104. The van der Waals surface area contributed by atoms with Crippen molar-refractivity contribution in [3.8, 4) is 0 Å². The van der Waals surface area contributed by atoms with Crippen LogP contribution in [-0.2, 0) is 11.8 Å². The second-order valence-corrected chi connectivity index (χ2v) is 8.75. The molecule has 34 heavy (non-hydrogen) atoms. The molecular formula is C27H36N6O. The quantitative estimate of drug-likeness (QED) is 0.431. The van der Waals surface area contributed by atoms with Gasteiger partial charge >= 0.3 is 0 Å². The van der Waals surface area contributed by atoms with Crippen LogP contribution in [0.15, 0.2) is 76.5 Å². The maximum absolute atomic E-state index is 11.4. The van der Waals surface area contributed by atoms with Crippen LogP contribution in [0.1, 0.15) is 46.2 Å². The molecular weight excluding hydrogens is 424 g/mol. The lowest BCUT2D eigenvalue weighted by Gasteiger charge is -2.24. The summed E-state index contributed by atoms with van der Waals surface area (Å²) >= 11 is 0. The highest BCUT2D eigenvalue weighted by Gasteiger charge is 2.15. The third-order valence-corrected chi connectivity index (χ3v) is 6.45.